The van der Waals surface area contributed by atoms with Crippen LogP contribution in [0.2, 0.25) is 0 Å². The molecule has 0 aliphatic carbocycles. The molecule has 0 amide bonds. The minimum atomic E-state index is -0.183. The number of phenolic OH excluding ortho intramolecular Hbond substituents is 1. The molecule has 1 aromatic heterocycles. The molecule has 3 N–H and O–H groups in total. The first-order chi connectivity index (χ1) is 7.66. The van der Waals surface area contributed by atoms with Crippen molar-refractivity contribution in [2.75, 3.05) is 0 Å². The number of aryl methyl sites for hydroxylation is 1. The Bertz CT molecular complexity index is 463. The summed E-state index contributed by atoms with van der Waals surface area (Å²) in [5, 5.41) is 16.9. The van der Waals surface area contributed by atoms with Crippen LogP contribution in [0.5, 0.6) is 5.75 Å². The number of phenols is 1. The third-order valence-electron chi connectivity index (χ3n) is 2.47. The van der Waals surface area contributed by atoms with Gasteiger partial charge in [0.25, 0.3) is 0 Å². The molecule has 0 aliphatic heterocycles. The Labute approximate surface area is 93.5 Å². The van der Waals surface area contributed by atoms with Crippen LogP contribution in [-0.4, -0.2) is 19.9 Å². The second kappa shape index (κ2) is 4.32. The van der Waals surface area contributed by atoms with E-state index in [4.69, 9.17) is 10.8 Å². The molecule has 1 atom stereocenters. The van der Waals surface area contributed by atoms with Crippen LogP contribution in [0.15, 0.2) is 30.6 Å². The Morgan fingerprint density at radius 2 is 2.06 bits per heavy atom. The maximum Gasteiger partial charge on any atom is 0.149 e. The van der Waals surface area contributed by atoms with Crippen molar-refractivity contribution in [2.24, 2.45) is 12.8 Å². The van der Waals surface area contributed by atoms with Gasteiger partial charge in [-0.15, -0.1) is 10.2 Å². The van der Waals surface area contributed by atoms with Crippen LogP contribution >= 0.6 is 0 Å². The van der Waals surface area contributed by atoms with Crippen molar-refractivity contribution in [3.8, 4) is 5.75 Å². The van der Waals surface area contributed by atoms with E-state index in [-0.39, 0.29) is 11.8 Å². The molecule has 1 heterocycles. The first-order valence-corrected chi connectivity index (χ1v) is 5.04. The van der Waals surface area contributed by atoms with Gasteiger partial charge in [-0.05, 0) is 24.1 Å². The van der Waals surface area contributed by atoms with Gasteiger partial charge in [-0.3, -0.25) is 0 Å². The molecule has 84 valence electrons. The van der Waals surface area contributed by atoms with Crippen LogP contribution in [-0.2, 0) is 13.5 Å². The van der Waals surface area contributed by atoms with Crippen LogP contribution in [0.25, 0.3) is 0 Å². The van der Waals surface area contributed by atoms with Gasteiger partial charge in [-0.1, -0.05) is 12.1 Å². The normalized spacial score (nSPS) is 12.6. The molecule has 0 aliphatic rings. The molecule has 0 spiro atoms. The minimum absolute atomic E-state index is 0.183. The van der Waals surface area contributed by atoms with Gasteiger partial charge in [-0.25, -0.2) is 0 Å². The average molecular weight is 218 g/mol. The fourth-order valence-electron chi connectivity index (χ4n) is 1.61. The van der Waals surface area contributed by atoms with Gasteiger partial charge in [0, 0.05) is 7.05 Å². The fraction of sp³-hybridized carbons (Fsp3) is 0.273. The Morgan fingerprint density at radius 1 is 1.38 bits per heavy atom. The highest BCUT2D eigenvalue weighted by atomic mass is 16.3. The molecule has 0 saturated heterocycles. The van der Waals surface area contributed by atoms with Crippen molar-refractivity contribution in [1.82, 2.24) is 14.8 Å². The summed E-state index contributed by atoms with van der Waals surface area (Å²) in [6.07, 6.45) is 2.30. The molecule has 1 aromatic carbocycles. The van der Waals surface area contributed by atoms with Crippen molar-refractivity contribution in [3.63, 3.8) is 0 Å². The molecule has 5 nitrogen and oxygen atoms in total. The number of rotatable bonds is 3. The van der Waals surface area contributed by atoms with E-state index in [2.05, 4.69) is 10.2 Å². The Balaban J connectivity index is 2.10. The van der Waals surface area contributed by atoms with E-state index in [1.807, 2.05) is 23.7 Å². The number of hydrogen-bond donors (Lipinski definition) is 2. The topological polar surface area (TPSA) is 77.0 Å². The van der Waals surface area contributed by atoms with Crippen LogP contribution in [0.3, 0.4) is 0 Å². The zero-order valence-corrected chi connectivity index (χ0v) is 9.04. The Morgan fingerprint density at radius 3 is 2.62 bits per heavy atom. The van der Waals surface area contributed by atoms with E-state index in [1.54, 1.807) is 18.5 Å². The fourth-order valence-corrected chi connectivity index (χ4v) is 1.61. The SMILES string of the molecule is Cn1cnnc1C(N)Cc1ccc(O)cc1. The largest absolute Gasteiger partial charge is 0.508 e. The molecule has 2 rings (SSSR count). The molecule has 0 fully saturated rings. The van der Waals surface area contributed by atoms with Gasteiger partial charge in [0.2, 0.25) is 0 Å². The van der Waals surface area contributed by atoms with Gasteiger partial charge in [0.1, 0.15) is 17.9 Å². The van der Waals surface area contributed by atoms with E-state index in [9.17, 15) is 0 Å². The second-order valence-electron chi connectivity index (χ2n) is 3.78. The van der Waals surface area contributed by atoms with Gasteiger partial charge < -0.3 is 15.4 Å². The lowest BCUT2D eigenvalue weighted by molar-refractivity contribution is 0.475. The van der Waals surface area contributed by atoms with E-state index in [1.165, 1.54) is 0 Å². The number of nitrogens with two attached hydrogens (primary N) is 1. The summed E-state index contributed by atoms with van der Waals surface area (Å²) in [5.74, 6) is 1.02. The quantitative estimate of drug-likeness (QED) is 0.797. The van der Waals surface area contributed by atoms with E-state index < -0.39 is 0 Å². The highest BCUT2D eigenvalue weighted by Gasteiger charge is 2.12. The van der Waals surface area contributed by atoms with Crippen molar-refractivity contribution >= 4 is 0 Å². The summed E-state index contributed by atoms with van der Waals surface area (Å²) in [6.45, 7) is 0. The lowest BCUT2D eigenvalue weighted by Crippen LogP contribution is -2.17. The summed E-state index contributed by atoms with van der Waals surface area (Å²) >= 11 is 0. The zero-order chi connectivity index (χ0) is 11.5. The predicted octanol–water partition coefficient (Wildman–Crippen LogP) is 0.763. The van der Waals surface area contributed by atoms with Gasteiger partial charge in [0.15, 0.2) is 0 Å². The first-order valence-electron chi connectivity index (χ1n) is 5.04. The first kappa shape index (κ1) is 10.6. The van der Waals surface area contributed by atoms with E-state index in [0.717, 1.165) is 11.4 Å². The van der Waals surface area contributed by atoms with Crippen molar-refractivity contribution in [2.45, 2.75) is 12.5 Å². The molecular formula is C11H14N4O. The highest BCUT2D eigenvalue weighted by Crippen LogP contribution is 2.16. The molecular weight excluding hydrogens is 204 g/mol. The zero-order valence-electron chi connectivity index (χ0n) is 9.04. The van der Waals surface area contributed by atoms with Gasteiger partial charge in [-0.2, -0.15) is 0 Å². The summed E-state index contributed by atoms with van der Waals surface area (Å²) in [7, 11) is 1.87. The van der Waals surface area contributed by atoms with E-state index in [0.29, 0.717) is 6.42 Å². The summed E-state index contributed by atoms with van der Waals surface area (Å²) in [5.41, 5.74) is 7.09. The predicted molar refractivity (Wildman–Crippen MR) is 59.7 cm³/mol. The second-order valence-corrected chi connectivity index (χ2v) is 3.78. The third-order valence-corrected chi connectivity index (χ3v) is 2.47. The maximum absolute atomic E-state index is 9.16. The van der Waals surface area contributed by atoms with Crippen molar-refractivity contribution in [1.29, 1.82) is 0 Å². The molecule has 0 radical (unpaired) electrons. The van der Waals surface area contributed by atoms with Gasteiger partial charge in [0.05, 0.1) is 6.04 Å². The smallest absolute Gasteiger partial charge is 0.149 e. The Hall–Kier alpha value is -1.88. The Kier molecular flexibility index (Phi) is 2.87. The minimum Gasteiger partial charge on any atom is -0.508 e. The van der Waals surface area contributed by atoms with Crippen LogP contribution in [0.4, 0.5) is 0 Å². The molecule has 0 saturated carbocycles. The van der Waals surface area contributed by atoms with Crippen LogP contribution in [0.1, 0.15) is 17.4 Å². The number of aromatic hydroxyl groups is 1. The average Bonchev–Trinajstić information content (AvgIpc) is 2.68. The number of hydrogen-bond acceptors (Lipinski definition) is 4. The molecule has 2 aromatic rings. The summed E-state index contributed by atoms with van der Waals surface area (Å²) in [4.78, 5) is 0. The van der Waals surface area contributed by atoms with Crippen LogP contribution < -0.4 is 5.73 Å². The highest BCUT2D eigenvalue weighted by molar-refractivity contribution is 5.26. The number of benzene rings is 1. The monoisotopic (exact) mass is 218 g/mol. The lowest BCUT2D eigenvalue weighted by Gasteiger charge is -2.10. The lowest BCUT2D eigenvalue weighted by atomic mass is 10.1. The van der Waals surface area contributed by atoms with Crippen LogP contribution in [0, 0.1) is 0 Å². The summed E-state index contributed by atoms with van der Waals surface area (Å²) in [6, 6.07) is 6.83. The molecule has 16 heavy (non-hydrogen) atoms. The van der Waals surface area contributed by atoms with E-state index >= 15 is 0 Å². The standard InChI is InChI=1S/C11H14N4O/c1-15-7-13-14-11(15)10(12)6-8-2-4-9(16)5-3-8/h2-5,7,10,16H,6,12H2,1H3. The summed E-state index contributed by atoms with van der Waals surface area (Å²) < 4.78 is 1.81. The van der Waals surface area contributed by atoms with Gasteiger partial charge >= 0.3 is 0 Å². The van der Waals surface area contributed by atoms with Crippen molar-refractivity contribution in [3.05, 3.63) is 42.0 Å². The third kappa shape index (κ3) is 2.20. The number of aromatic nitrogens is 3. The number of nitrogens with zero attached hydrogens (tertiary/aromatic N) is 3. The molecule has 1 unspecified atom stereocenters. The molecule has 5 heteroatoms. The maximum atomic E-state index is 9.16. The molecule has 0 bridgehead atoms. The van der Waals surface area contributed by atoms with Crippen molar-refractivity contribution < 1.29 is 5.11 Å².